The molecule has 0 amide bonds. The maximum Gasteiger partial charge on any atom is 0.417 e. The van der Waals surface area contributed by atoms with Crippen LogP contribution in [0, 0.1) is 0 Å². The van der Waals surface area contributed by atoms with E-state index in [0.29, 0.717) is 0 Å². The van der Waals surface area contributed by atoms with Crippen LogP contribution >= 0.6 is 39.1 Å². The summed E-state index contributed by atoms with van der Waals surface area (Å²) in [5.41, 5.74) is -0.967. The molecule has 0 aliphatic rings. The number of hydrogen-bond donors (Lipinski definition) is 0. The molecule has 14 heavy (non-hydrogen) atoms. The standard InChI is InChI=1S/C8H4BrCl2F3/c9-5-3-1-2-4(7(10)11)6(5)8(12,13)14/h1-3,7H. The molecule has 1 aromatic rings. The zero-order valence-corrected chi connectivity index (χ0v) is 9.68. The van der Waals surface area contributed by atoms with Crippen LogP contribution in [0.25, 0.3) is 0 Å². The van der Waals surface area contributed by atoms with Gasteiger partial charge in [-0.15, -0.1) is 23.2 Å². The zero-order valence-electron chi connectivity index (χ0n) is 6.58. The fourth-order valence-corrected chi connectivity index (χ4v) is 1.99. The van der Waals surface area contributed by atoms with Gasteiger partial charge in [-0.3, -0.25) is 0 Å². The van der Waals surface area contributed by atoms with Crippen LogP contribution in [0.5, 0.6) is 0 Å². The fraction of sp³-hybridized carbons (Fsp3) is 0.250. The van der Waals surface area contributed by atoms with Gasteiger partial charge in [0.15, 0.2) is 0 Å². The number of hydrogen-bond acceptors (Lipinski definition) is 0. The van der Waals surface area contributed by atoms with E-state index in [2.05, 4.69) is 15.9 Å². The van der Waals surface area contributed by atoms with Crippen LogP contribution in [-0.4, -0.2) is 0 Å². The van der Waals surface area contributed by atoms with Crippen molar-refractivity contribution in [1.82, 2.24) is 0 Å². The highest BCUT2D eigenvalue weighted by Crippen LogP contribution is 2.41. The van der Waals surface area contributed by atoms with Crippen LogP contribution in [0.3, 0.4) is 0 Å². The van der Waals surface area contributed by atoms with Crippen molar-refractivity contribution in [3.63, 3.8) is 0 Å². The molecule has 0 fully saturated rings. The third-order valence-corrected chi connectivity index (χ3v) is 2.70. The summed E-state index contributed by atoms with van der Waals surface area (Å²) >= 11 is 13.7. The van der Waals surface area contributed by atoms with Crippen LogP contribution in [0.1, 0.15) is 16.0 Å². The van der Waals surface area contributed by atoms with Crippen molar-refractivity contribution >= 4 is 39.1 Å². The Balaban J connectivity index is 3.38. The lowest BCUT2D eigenvalue weighted by Gasteiger charge is -2.14. The molecule has 6 heteroatoms. The minimum absolute atomic E-state index is 0.0613. The van der Waals surface area contributed by atoms with Gasteiger partial charge in [0.2, 0.25) is 0 Å². The van der Waals surface area contributed by atoms with E-state index in [-0.39, 0.29) is 10.0 Å². The van der Waals surface area contributed by atoms with E-state index in [9.17, 15) is 13.2 Å². The van der Waals surface area contributed by atoms with Gasteiger partial charge in [-0.1, -0.05) is 28.1 Å². The summed E-state index contributed by atoms with van der Waals surface area (Å²) in [5, 5.41) is 0. The molecule has 1 rings (SSSR count). The monoisotopic (exact) mass is 306 g/mol. The predicted octanol–water partition coefficient (Wildman–Crippen LogP) is 4.94. The van der Waals surface area contributed by atoms with Crippen LogP contribution in [0.4, 0.5) is 13.2 Å². The Morgan fingerprint density at radius 2 is 1.79 bits per heavy atom. The summed E-state index contributed by atoms with van der Waals surface area (Å²) in [4.78, 5) is -1.19. The van der Waals surface area contributed by atoms with Gasteiger partial charge in [0.25, 0.3) is 0 Å². The third kappa shape index (κ3) is 2.55. The van der Waals surface area contributed by atoms with Crippen molar-refractivity contribution in [1.29, 1.82) is 0 Å². The van der Waals surface area contributed by atoms with E-state index in [0.717, 1.165) is 0 Å². The Morgan fingerprint density at radius 1 is 1.21 bits per heavy atom. The van der Waals surface area contributed by atoms with Gasteiger partial charge < -0.3 is 0 Å². The maximum atomic E-state index is 12.5. The first-order chi connectivity index (χ1) is 6.34. The molecule has 0 atom stereocenters. The quantitative estimate of drug-likeness (QED) is 0.644. The molecule has 0 nitrogen and oxygen atoms in total. The van der Waals surface area contributed by atoms with E-state index in [4.69, 9.17) is 23.2 Å². The number of alkyl halides is 5. The Bertz CT molecular complexity index is 336. The minimum atomic E-state index is -4.46. The van der Waals surface area contributed by atoms with E-state index in [1.165, 1.54) is 18.2 Å². The molecule has 0 heterocycles. The third-order valence-electron chi connectivity index (χ3n) is 1.56. The van der Waals surface area contributed by atoms with Gasteiger partial charge in [-0.05, 0) is 11.6 Å². The highest BCUT2D eigenvalue weighted by atomic mass is 79.9. The second-order valence-electron chi connectivity index (χ2n) is 2.50. The maximum absolute atomic E-state index is 12.5. The Kier molecular flexibility index (Phi) is 3.72. The molecule has 0 radical (unpaired) electrons. The first-order valence-corrected chi connectivity index (χ1v) is 5.14. The van der Waals surface area contributed by atoms with Gasteiger partial charge >= 0.3 is 6.18 Å². The average molecular weight is 308 g/mol. The van der Waals surface area contributed by atoms with Crippen LogP contribution in [0.2, 0.25) is 0 Å². The fourth-order valence-electron chi connectivity index (χ4n) is 1.02. The smallest absolute Gasteiger partial charge is 0.166 e. The van der Waals surface area contributed by atoms with Crippen LogP contribution < -0.4 is 0 Å². The number of rotatable bonds is 1. The highest BCUT2D eigenvalue weighted by Gasteiger charge is 2.36. The molecule has 0 saturated heterocycles. The lowest BCUT2D eigenvalue weighted by atomic mass is 10.1. The van der Waals surface area contributed by atoms with Crippen molar-refractivity contribution in [3.8, 4) is 0 Å². The molecule has 0 aliphatic heterocycles. The summed E-state index contributed by atoms with van der Waals surface area (Å²) in [6, 6.07) is 3.99. The van der Waals surface area contributed by atoms with Gasteiger partial charge in [-0.25, -0.2) is 0 Å². The summed E-state index contributed by atoms with van der Waals surface area (Å²) < 4.78 is 37.5. The summed E-state index contributed by atoms with van der Waals surface area (Å²) in [6.45, 7) is 0. The first kappa shape index (κ1) is 12.1. The molecule has 0 spiro atoms. The largest absolute Gasteiger partial charge is 0.417 e. The summed E-state index contributed by atoms with van der Waals surface area (Å²) in [5.74, 6) is 0. The zero-order chi connectivity index (χ0) is 10.9. The lowest BCUT2D eigenvalue weighted by Crippen LogP contribution is -2.10. The minimum Gasteiger partial charge on any atom is -0.166 e. The highest BCUT2D eigenvalue weighted by molar-refractivity contribution is 9.10. The van der Waals surface area contributed by atoms with Crippen molar-refractivity contribution in [3.05, 3.63) is 33.8 Å². The number of halogens is 6. The Morgan fingerprint density at radius 3 is 2.14 bits per heavy atom. The molecule has 0 aliphatic carbocycles. The normalized spacial score (nSPS) is 12.2. The second kappa shape index (κ2) is 4.29. The Labute approximate surface area is 97.1 Å². The number of benzene rings is 1. The van der Waals surface area contributed by atoms with Gasteiger partial charge in [0.1, 0.15) is 4.84 Å². The molecule has 0 bridgehead atoms. The molecule has 1 aromatic carbocycles. The topological polar surface area (TPSA) is 0 Å². The van der Waals surface area contributed by atoms with Crippen molar-refractivity contribution in [2.45, 2.75) is 11.0 Å². The molecule has 0 saturated carbocycles. The molecular formula is C8H4BrCl2F3. The summed E-state index contributed by atoms with van der Waals surface area (Å²) in [6.07, 6.45) is -4.46. The van der Waals surface area contributed by atoms with E-state index in [1.54, 1.807) is 0 Å². The van der Waals surface area contributed by atoms with Crippen molar-refractivity contribution in [2.75, 3.05) is 0 Å². The molecule has 0 unspecified atom stereocenters. The van der Waals surface area contributed by atoms with E-state index in [1.807, 2.05) is 0 Å². The van der Waals surface area contributed by atoms with Gasteiger partial charge in [0, 0.05) is 4.47 Å². The first-order valence-electron chi connectivity index (χ1n) is 3.48. The lowest BCUT2D eigenvalue weighted by molar-refractivity contribution is -0.138. The van der Waals surface area contributed by atoms with E-state index < -0.39 is 16.6 Å². The van der Waals surface area contributed by atoms with E-state index >= 15 is 0 Å². The average Bonchev–Trinajstić information content (AvgIpc) is 2.01. The van der Waals surface area contributed by atoms with Crippen molar-refractivity contribution < 1.29 is 13.2 Å². The Hall–Kier alpha value is 0.0700. The van der Waals surface area contributed by atoms with Crippen LogP contribution in [0.15, 0.2) is 22.7 Å². The summed E-state index contributed by atoms with van der Waals surface area (Å²) in [7, 11) is 0. The predicted molar refractivity (Wildman–Crippen MR) is 53.6 cm³/mol. The molecule has 0 aromatic heterocycles. The molecule has 0 N–H and O–H groups in total. The molecular weight excluding hydrogens is 304 g/mol. The molecule has 78 valence electrons. The van der Waals surface area contributed by atoms with Crippen molar-refractivity contribution in [2.24, 2.45) is 0 Å². The van der Waals surface area contributed by atoms with Crippen LogP contribution in [-0.2, 0) is 6.18 Å². The van der Waals surface area contributed by atoms with Gasteiger partial charge in [0.05, 0.1) is 5.56 Å². The SMILES string of the molecule is FC(F)(F)c1c(Br)cccc1C(Cl)Cl. The van der Waals surface area contributed by atoms with Gasteiger partial charge in [-0.2, -0.15) is 13.2 Å². The second-order valence-corrected chi connectivity index (χ2v) is 4.45.